The van der Waals surface area contributed by atoms with E-state index >= 15 is 0 Å². The zero-order chi connectivity index (χ0) is 19.4. The fourth-order valence-electron chi connectivity index (χ4n) is 3.13. The van der Waals surface area contributed by atoms with E-state index in [-0.39, 0.29) is 4.70 Å². The van der Waals surface area contributed by atoms with Gasteiger partial charge in [-0.25, -0.2) is 0 Å². The summed E-state index contributed by atoms with van der Waals surface area (Å²) >= 11 is 1.14. The summed E-state index contributed by atoms with van der Waals surface area (Å²) in [6.07, 6.45) is -2.75. The minimum atomic E-state index is -4.39. The molecule has 0 N–H and O–H groups in total. The first kappa shape index (κ1) is 15.8. The molecule has 0 amide bonds. The number of fused-ring (bicyclic) bond motifs is 3. The lowest BCUT2D eigenvalue weighted by molar-refractivity contribution is -0.136. The lowest BCUT2D eigenvalue weighted by Crippen LogP contribution is -2.04. The second-order valence-corrected chi connectivity index (χ2v) is 7.41. The maximum Gasteiger partial charge on any atom is 0.417 e. The van der Waals surface area contributed by atoms with Crippen molar-refractivity contribution in [2.45, 2.75) is 25.9 Å². The molecule has 0 unspecified atom stereocenters. The molecule has 132 valence electrons. The molecule has 0 atom stereocenters. The third-order valence-corrected chi connectivity index (χ3v) is 5.73. The number of nitrogens with zero attached hydrogens (tertiary/aromatic N) is 1. The van der Waals surface area contributed by atoms with E-state index in [1.165, 1.54) is 6.07 Å². The Labute approximate surface area is 154 Å². The molecule has 2 aromatic carbocycles. The summed E-state index contributed by atoms with van der Waals surface area (Å²) in [7, 11) is 0. The van der Waals surface area contributed by atoms with E-state index in [0.717, 1.165) is 38.6 Å². The van der Waals surface area contributed by atoms with E-state index in [1.54, 1.807) is 32.2 Å². The van der Waals surface area contributed by atoms with Crippen LogP contribution in [0, 0.1) is 0 Å². The first-order valence-corrected chi connectivity index (χ1v) is 8.96. The Bertz CT molecular complexity index is 1160. The fourth-order valence-corrected chi connectivity index (χ4v) is 4.49. The standard InChI is InChI=1S/C21H16F3NS/c1-12(2)13-9-10-25-18(11-13)16-7-3-5-14-15-6-4-8-17(21(22,23)24)20(15)26-19(14)16/h3-12H,1-2H3/i12D. The molecule has 0 aliphatic rings. The first-order valence-electron chi connectivity index (χ1n) is 8.64. The van der Waals surface area contributed by atoms with Crippen LogP contribution in [-0.4, -0.2) is 4.98 Å². The van der Waals surface area contributed by atoms with Crippen molar-refractivity contribution in [1.82, 2.24) is 4.98 Å². The number of benzene rings is 2. The van der Waals surface area contributed by atoms with Gasteiger partial charge in [0, 0.05) is 33.3 Å². The molecular formula is C21H16F3NS. The Morgan fingerprint density at radius 2 is 1.69 bits per heavy atom. The largest absolute Gasteiger partial charge is 0.417 e. The third-order valence-electron chi connectivity index (χ3n) is 4.44. The van der Waals surface area contributed by atoms with Crippen LogP contribution in [0.2, 0.25) is 0 Å². The number of thiophene rings is 1. The van der Waals surface area contributed by atoms with Crippen LogP contribution in [-0.2, 0) is 6.18 Å². The van der Waals surface area contributed by atoms with Crippen molar-refractivity contribution in [1.29, 1.82) is 0 Å². The van der Waals surface area contributed by atoms with E-state index in [0.29, 0.717) is 11.1 Å². The summed E-state index contributed by atoms with van der Waals surface area (Å²) in [5.74, 6) is -0.783. The van der Waals surface area contributed by atoms with Gasteiger partial charge >= 0.3 is 6.18 Å². The molecule has 26 heavy (non-hydrogen) atoms. The highest BCUT2D eigenvalue weighted by Crippen LogP contribution is 2.44. The molecule has 0 aliphatic carbocycles. The first-order chi connectivity index (χ1) is 12.7. The summed E-state index contributed by atoms with van der Waals surface area (Å²) in [4.78, 5) is 4.42. The van der Waals surface area contributed by atoms with Crippen LogP contribution >= 0.6 is 11.3 Å². The van der Waals surface area contributed by atoms with Gasteiger partial charge in [0.1, 0.15) is 0 Å². The lowest BCUT2D eigenvalue weighted by Gasteiger charge is -2.08. The second-order valence-electron chi connectivity index (χ2n) is 6.39. The van der Waals surface area contributed by atoms with Gasteiger partial charge in [-0.3, -0.25) is 4.98 Å². The molecule has 4 rings (SSSR count). The molecule has 2 aromatic heterocycles. The number of aromatic nitrogens is 1. The molecular weight excluding hydrogens is 355 g/mol. The Balaban J connectivity index is 2.01. The van der Waals surface area contributed by atoms with E-state index in [2.05, 4.69) is 4.98 Å². The van der Waals surface area contributed by atoms with Gasteiger partial charge in [0.25, 0.3) is 0 Å². The predicted molar refractivity (Wildman–Crippen MR) is 102 cm³/mol. The summed E-state index contributed by atoms with van der Waals surface area (Å²) < 4.78 is 49.5. The fraction of sp³-hybridized carbons (Fsp3) is 0.190. The lowest BCUT2D eigenvalue weighted by atomic mass is 10.0. The molecule has 1 nitrogen and oxygen atoms in total. The smallest absolute Gasteiger partial charge is 0.256 e. The minimum Gasteiger partial charge on any atom is -0.256 e. The second kappa shape index (κ2) is 6.09. The maximum atomic E-state index is 13.4. The average Bonchev–Trinajstić information content (AvgIpc) is 2.99. The van der Waals surface area contributed by atoms with Crippen LogP contribution in [0.25, 0.3) is 31.4 Å². The number of alkyl halides is 3. The molecule has 5 heteroatoms. The van der Waals surface area contributed by atoms with Gasteiger partial charge in [-0.05, 0) is 29.7 Å². The van der Waals surface area contributed by atoms with E-state index in [4.69, 9.17) is 1.37 Å². The molecule has 0 fully saturated rings. The molecule has 0 aliphatic heterocycles. The van der Waals surface area contributed by atoms with Crippen molar-refractivity contribution >= 4 is 31.5 Å². The van der Waals surface area contributed by atoms with E-state index in [1.807, 2.05) is 24.3 Å². The van der Waals surface area contributed by atoms with E-state index < -0.39 is 17.6 Å². The highest BCUT2D eigenvalue weighted by molar-refractivity contribution is 7.26. The molecule has 4 aromatic rings. The van der Waals surface area contributed by atoms with Gasteiger partial charge in [0.05, 0.1) is 11.3 Å². The molecule has 0 bridgehead atoms. The monoisotopic (exact) mass is 372 g/mol. The summed E-state index contributed by atoms with van der Waals surface area (Å²) in [6.45, 7) is 3.59. The number of hydrogen-bond acceptors (Lipinski definition) is 2. The highest BCUT2D eigenvalue weighted by Gasteiger charge is 2.33. The molecule has 0 saturated heterocycles. The third kappa shape index (κ3) is 2.76. The summed E-state index contributed by atoms with van der Waals surface area (Å²) in [5.41, 5.74) is 1.65. The van der Waals surface area contributed by atoms with Crippen LogP contribution in [0.4, 0.5) is 13.2 Å². The average molecular weight is 372 g/mol. The van der Waals surface area contributed by atoms with Crippen LogP contribution in [0.5, 0.6) is 0 Å². The van der Waals surface area contributed by atoms with E-state index in [9.17, 15) is 13.2 Å². The van der Waals surface area contributed by atoms with Crippen LogP contribution in [0.3, 0.4) is 0 Å². The number of halogens is 3. The zero-order valence-electron chi connectivity index (χ0n) is 15.2. The highest BCUT2D eigenvalue weighted by atomic mass is 32.1. The summed E-state index contributed by atoms with van der Waals surface area (Å²) in [6, 6.07) is 13.5. The topological polar surface area (TPSA) is 12.9 Å². The Morgan fingerprint density at radius 3 is 2.38 bits per heavy atom. The van der Waals surface area contributed by atoms with Crippen LogP contribution in [0.15, 0.2) is 54.7 Å². The van der Waals surface area contributed by atoms with Crippen molar-refractivity contribution in [3.8, 4) is 11.3 Å². The van der Waals surface area contributed by atoms with Gasteiger partial charge in [0.2, 0.25) is 0 Å². The number of rotatable bonds is 2. The Kier molecular flexibility index (Phi) is 3.71. The Hall–Kier alpha value is -2.40. The van der Waals surface area contributed by atoms with Gasteiger partial charge in [-0.1, -0.05) is 44.2 Å². The normalized spacial score (nSPS) is 13.3. The molecule has 0 spiro atoms. The Morgan fingerprint density at radius 1 is 1.00 bits per heavy atom. The number of pyridine rings is 1. The van der Waals surface area contributed by atoms with Crippen LogP contribution in [0.1, 0.15) is 32.2 Å². The maximum absolute atomic E-state index is 13.4. The zero-order valence-corrected chi connectivity index (χ0v) is 15.0. The van der Waals surface area contributed by atoms with Gasteiger partial charge in [0.15, 0.2) is 0 Å². The van der Waals surface area contributed by atoms with Crippen molar-refractivity contribution in [3.05, 3.63) is 65.9 Å². The minimum absolute atomic E-state index is 0.240. The van der Waals surface area contributed by atoms with Crippen molar-refractivity contribution in [2.75, 3.05) is 0 Å². The van der Waals surface area contributed by atoms with Crippen molar-refractivity contribution < 1.29 is 14.5 Å². The summed E-state index contributed by atoms with van der Waals surface area (Å²) in [5, 5.41) is 1.39. The SMILES string of the molecule is [2H]C(C)(C)c1ccnc(-c2cccc3c2sc2c(C(F)(F)F)cccc23)c1. The van der Waals surface area contributed by atoms with Gasteiger partial charge in [-0.15, -0.1) is 11.3 Å². The molecule has 0 radical (unpaired) electrons. The van der Waals surface area contributed by atoms with Crippen molar-refractivity contribution in [3.63, 3.8) is 0 Å². The quantitative estimate of drug-likeness (QED) is 0.361. The molecule has 2 heterocycles. The van der Waals surface area contributed by atoms with Gasteiger partial charge in [-0.2, -0.15) is 13.2 Å². The van der Waals surface area contributed by atoms with Crippen molar-refractivity contribution in [2.24, 2.45) is 0 Å². The van der Waals surface area contributed by atoms with Gasteiger partial charge < -0.3 is 0 Å². The van der Waals surface area contributed by atoms with Crippen LogP contribution < -0.4 is 0 Å². The predicted octanol–water partition coefficient (Wildman–Crippen LogP) is 7.26. The molecule has 0 saturated carbocycles. The number of hydrogen-bond donors (Lipinski definition) is 0.